The molecule has 1 aromatic carbocycles. The molecule has 6 nitrogen and oxygen atoms in total. The van der Waals surface area contributed by atoms with Gasteiger partial charge in [-0.1, -0.05) is 53.9 Å². The number of hydrogen-bond acceptors (Lipinski definition) is 5. The molecule has 0 unspecified atom stereocenters. The minimum Gasteiger partial charge on any atom is -0.316 e. The highest BCUT2D eigenvalue weighted by molar-refractivity contribution is 7.15. The summed E-state index contributed by atoms with van der Waals surface area (Å²) >= 11 is 13.7. The number of halogens is 2. The molecule has 0 aliphatic carbocycles. The Bertz CT molecular complexity index is 1100. The number of hydrogen-bond donors (Lipinski definition) is 1. The van der Waals surface area contributed by atoms with Crippen molar-refractivity contribution in [2.75, 3.05) is 5.32 Å². The number of nitrogens with one attached hydrogen (secondary N) is 1. The lowest BCUT2D eigenvalue weighted by molar-refractivity contribution is -0.112. The molecule has 3 aromatic rings. The third-order valence-electron chi connectivity index (χ3n) is 4.06. The summed E-state index contributed by atoms with van der Waals surface area (Å²) in [5.41, 5.74) is 1.20. The van der Waals surface area contributed by atoms with E-state index < -0.39 is 5.91 Å². The van der Waals surface area contributed by atoms with Gasteiger partial charge in [0.1, 0.15) is 16.6 Å². The summed E-state index contributed by atoms with van der Waals surface area (Å²) in [6.07, 6.45) is 6.15. The second-order valence-electron chi connectivity index (χ2n) is 6.10. The quantitative estimate of drug-likeness (QED) is 0.382. The van der Waals surface area contributed by atoms with Crippen molar-refractivity contribution in [1.82, 2.24) is 14.8 Å². The zero-order chi connectivity index (χ0) is 20.8. The summed E-state index contributed by atoms with van der Waals surface area (Å²) in [6.45, 7) is 2.10. The number of nitriles is 1. The molecule has 0 atom stereocenters. The first kappa shape index (κ1) is 21.1. The number of benzene rings is 1. The maximum Gasteiger partial charge on any atom is 0.268 e. The predicted molar refractivity (Wildman–Crippen MR) is 117 cm³/mol. The molecule has 0 aliphatic rings. The van der Waals surface area contributed by atoms with Crippen LogP contribution in [-0.4, -0.2) is 20.7 Å². The van der Waals surface area contributed by atoms with Crippen LogP contribution >= 0.6 is 34.5 Å². The predicted octanol–water partition coefficient (Wildman–Crippen LogP) is 5.52. The average Bonchev–Trinajstić information content (AvgIpc) is 3.35. The SMILES string of the molecule is CCCCc1nnc(NC(=O)C(C#N)=Cc2cccn2-c2cccc(Cl)c2Cl)s1. The van der Waals surface area contributed by atoms with Gasteiger partial charge in [0.2, 0.25) is 5.13 Å². The van der Waals surface area contributed by atoms with E-state index in [1.165, 1.54) is 17.4 Å². The average molecular weight is 446 g/mol. The van der Waals surface area contributed by atoms with Crippen molar-refractivity contribution in [1.29, 1.82) is 5.26 Å². The Balaban J connectivity index is 1.83. The molecule has 0 aliphatic heterocycles. The molecule has 1 N–H and O–H groups in total. The Kier molecular flexibility index (Phi) is 7.04. The molecular formula is C20H17Cl2N5OS. The second kappa shape index (κ2) is 9.70. The maximum absolute atomic E-state index is 12.5. The summed E-state index contributed by atoms with van der Waals surface area (Å²) in [7, 11) is 0. The summed E-state index contributed by atoms with van der Waals surface area (Å²) in [5, 5.41) is 22.2. The van der Waals surface area contributed by atoms with Crippen LogP contribution in [0.25, 0.3) is 11.8 Å². The van der Waals surface area contributed by atoms with Gasteiger partial charge < -0.3 is 4.57 Å². The van der Waals surface area contributed by atoms with E-state index in [-0.39, 0.29) is 5.57 Å². The van der Waals surface area contributed by atoms with Crippen LogP contribution < -0.4 is 5.32 Å². The van der Waals surface area contributed by atoms with E-state index in [1.807, 2.05) is 6.07 Å². The summed E-state index contributed by atoms with van der Waals surface area (Å²) in [5.74, 6) is -0.546. The fraction of sp³-hybridized carbons (Fsp3) is 0.200. The lowest BCUT2D eigenvalue weighted by Gasteiger charge is -2.10. The molecule has 0 bridgehead atoms. The van der Waals surface area contributed by atoms with Crippen molar-refractivity contribution in [3.8, 4) is 11.8 Å². The zero-order valence-electron chi connectivity index (χ0n) is 15.5. The van der Waals surface area contributed by atoms with Crippen LogP contribution in [0.3, 0.4) is 0 Å². The minimum atomic E-state index is -0.546. The van der Waals surface area contributed by atoms with Gasteiger partial charge in [-0.15, -0.1) is 10.2 Å². The molecule has 3 rings (SSSR count). The minimum absolute atomic E-state index is 0.0617. The van der Waals surface area contributed by atoms with Gasteiger partial charge in [0.15, 0.2) is 0 Å². The highest BCUT2D eigenvalue weighted by atomic mass is 35.5. The van der Waals surface area contributed by atoms with Gasteiger partial charge in [0.25, 0.3) is 5.91 Å². The standard InChI is InChI=1S/C20H17Cl2N5OS/c1-2-3-9-17-25-26-20(29-17)24-19(28)13(12-23)11-14-6-5-10-27(14)16-8-4-7-15(21)18(16)22/h4-8,10-11H,2-3,9H2,1H3,(H,24,26,28). The third-order valence-corrected chi connectivity index (χ3v) is 5.77. The van der Waals surface area contributed by atoms with Crippen molar-refractivity contribution < 1.29 is 4.79 Å². The van der Waals surface area contributed by atoms with E-state index in [0.717, 1.165) is 24.3 Å². The molecule has 1 amide bonds. The van der Waals surface area contributed by atoms with Crippen molar-refractivity contribution in [2.45, 2.75) is 26.2 Å². The van der Waals surface area contributed by atoms with E-state index in [1.54, 1.807) is 41.1 Å². The van der Waals surface area contributed by atoms with Crippen LogP contribution in [0, 0.1) is 11.3 Å². The van der Waals surface area contributed by atoms with Crippen molar-refractivity contribution in [3.05, 3.63) is 62.8 Å². The lowest BCUT2D eigenvalue weighted by atomic mass is 10.2. The number of rotatable bonds is 7. The van der Waals surface area contributed by atoms with E-state index in [2.05, 4.69) is 22.4 Å². The maximum atomic E-state index is 12.5. The van der Waals surface area contributed by atoms with Crippen LogP contribution in [0.5, 0.6) is 0 Å². The second-order valence-corrected chi connectivity index (χ2v) is 7.95. The molecule has 2 aromatic heterocycles. The van der Waals surface area contributed by atoms with E-state index in [0.29, 0.717) is 26.6 Å². The Labute approximate surface area is 182 Å². The number of amides is 1. The van der Waals surface area contributed by atoms with E-state index in [9.17, 15) is 10.1 Å². The fourth-order valence-electron chi connectivity index (χ4n) is 2.60. The molecule has 0 saturated heterocycles. The molecule has 0 fully saturated rings. The van der Waals surface area contributed by atoms with E-state index in [4.69, 9.17) is 23.2 Å². The first-order valence-corrected chi connectivity index (χ1v) is 10.5. The van der Waals surface area contributed by atoms with Crippen molar-refractivity contribution in [2.24, 2.45) is 0 Å². The number of carbonyl (C=O) groups excluding carboxylic acids is 1. The number of aromatic nitrogens is 3. The van der Waals surface area contributed by atoms with Crippen LogP contribution in [0.2, 0.25) is 10.0 Å². The summed E-state index contributed by atoms with van der Waals surface area (Å²) < 4.78 is 1.76. The third kappa shape index (κ3) is 5.04. The molecule has 2 heterocycles. The Hall–Kier alpha value is -2.66. The number of carbonyl (C=O) groups is 1. The van der Waals surface area contributed by atoms with Crippen LogP contribution in [-0.2, 0) is 11.2 Å². The largest absolute Gasteiger partial charge is 0.316 e. The van der Waals surface area contributed by atoms with Crippen LogP contribution in [0.1, 0.15) is 30.5 Å². The number of aryl methyl sites for hydroxylation is 1. The Morgan fingerprint density at radius 1 is 1.31 bits per heavy atom. The highest BCUT2D eigenvalue weighted by Crippen LogP contribution is 2.30. The first-order chi connectivity index (χ1) is 14.0. The van der Waals surface area contributed by atoms with Crippen molar-refractivity contribution >= 4 is 51.7 Å². The molecule has 0 radical (unpaired) electrons. The van der Waals surface area contributed by atoms with Gasteiger partial charge in [0, 0.05) is 18.3 Å². The van der Waals surface area contributed by atoms with Crippen molar-refractivity contribution in [3.63, 3.8) is 0 Å². The number of anilines is 1. The summed E-state index contributed by atoms with van der Waals surface area (Å²) in [4.78, 5) is 12.5. The lowest BCUT2D eigenvalue weighted by Crippen LogP contribution is -2.13. The Morgan fingerprint density at radius 2 is 2.14 bits per heavy atom. The van der Waals surface area contributed by atoms with Gasteiger partial charge in [0.05, 0.1) is 15.7 Å². The van der Waals surface area contributed by atoms with Gasteiger partial charge in [-0.2, -0.15) is 5.26 Å². The molecule has 9 heteroatoms. The highest BCUT2D eigenvalue weighted by Gasteiger charge is 2.15. The van der Waals surface area contributed by atoms with Gasteiger partial charge >= 0.3 is 0 Å². The fourth-order valence-corrected chi connectivity index (χ4v) is 3.77. The smallest absolute Gasteiger partial charge is 0.268 e. The van der Waals surface area contributed by atoms with Gasteiger partial charge in [-0.25, -0.2) is 0 Å². The van der Waals surface area contributed by atoms with Gasteiger partial charge in [-0.05, 0) is 36.8 Å². The van der Waals surface area contributed by atoms with Gasteiger partial charge in [-0.3, -0.25) is 10.1 Å². The topological polar surface area (TPSA) is 83.6 Å². The molecular weight excluding hydrogens is 429 g/mol. The molecule has 0 spiro atoms. The Morgan fingerprint density at radius 3 is 2.90 bits per heavy atom. The van der Waals surface area contributed by atoms with Crippen LogP contribution in [0.15, 0.2) is 42.1 Å². The number of unbranched alkanes of at least 4 members (excludes halogenated alkanes) is 1. The molecule has 148 valence electrons. The monoisotopic (exact) mass is 445 g/mol. The zero-order valence-corrected chi connectivity index (χ0v) is 17.9. The summed E-state index contributed by atoms with van der Waals surface area (Å²) in [6, 6.07) is 10.8. The number of nitrogens with zero attached hydrogens (tertiary/aromatic N) is 4. The molecule has 0 saturated carbocycles. The first-order valence-electron chi connectivity index (χ1n) is 8.90. The normalized spacial score (nSPS) is 11.3. The van der Waals surface area contributed by atoms with E-state index >= 15 is 0 Å². The van der Waals surface area contributed by atoms with Crippen LogP contribution in [0.4, 0.5) is 5.13 Å². The molecule has 29 heavy (non-hydrogen) atoms.